The number of thiophene rings is 1. The average Bonchev–Trinajstić information content (AvgIpc) is 2.97. The van der Waals surface area contributed by atoms with Gasteiger partial charge < -0.3 is 5.11 Å². The van der Waals surface area contributed by atoms with Crippen LogP contribution in [0.4, 0.5) is 0 Å². The van der Waals surface area contributed by atoms with Crippen LogP contribution >= 0.6 is 34.5 Å². The van der Waals surface area contributed by atoms with Crippen LogP contribution in [0, 0.1) is 0 Å². The van der Waals surface area contributed by atoms with Gasteiger partial charge in [-0.2, -0.15) is 9.78 Å². The van der Waals surface area contributed by atoms with Crippen molar-refractivity contribution in [2.75, 3.05) is 0 Å². The van der Waals surface area contributed by atoms with Gasteiger partial charge in [-0.05, 0) is 43.4 Å². The monoisotopic (exact) mass is 393 g/mol. The predicted octanol–water partition coefficient (Wildman–Crippen LogP) is 4.23. The Labute approximate surface area is 157 Å². The smallest absolute Gasteiger partial charge is 0.282 e. The average molecular weight is 394 g/mol. The van der Waals surface area contributed by atoms with E-state index in [-0.39, 0.29) is 16.3 Å². The molecule has 0 radical (unpaired) electrons. The number of fused-ring (bicyclic) bond motifs is 3. The molecule has 128 valence electrons. The summed E-state index contributed by atoms with van der Waals surface area (Å²) in [5.41, 5.74) is 1.24. The summed E-state index contributed by atoms with van der Waals surface area (Å²) in [6.07, 6.45) is 6.90. The molecule has 1 aromatic carbocycles. The third-order valence-corrected chi connectivity index (χ3v) is 5.94. The molecule has 2 aromatic heterocycles. The van der Waals surface area contributed by atoms with E-state index in [0.717, 1.165) is 36.1 Å². The Balaban J connectivity index is 1.80. The molecule has 0 aliphatic heterocycles. The van der Waals surface area contributed by atoms with Crippen molar-refractivity contribution in [1.29, 1.82) is 0 Å². The van der Waals surface area contributed by atoms with Crippen LogP contribution in [-0.2, 0) is 12.8 Å². The number of hydrogen-bond acceptors (Lipinski definition) is 5. The molecule has 1 aliphatic carbocycles. The van der Waals surface area contributed by atoms with Gasteiger partial charge in [-0.25, -0.2) is 4.98 Å². The molecule has 0 fully saturated rings. The minimum atomic E-state index is -0.201. The first-order valence-electron chi connectivity index (χ1n) is 7.79. The van der Waals surface area contributed by atoms with E-state index < -0.39 is 0 Å². The molecule has 2 heterocycles. The molecule has 0 bridgehead atoms. The number of halogens is 2. The molecule has 0 saturated carbocycles. The Bertz CT molecular complexity index is 1070. The Morgan fingerprint density at radius 1 is 1.28 bits per heavy atom. The van der Waals surface area contributed by atoms with Crippen LogP contribution < -0.4 is 5.56 Å². The fourth-order valence-corrected chi connectivity index (χ4v) is 4.76. The molecule has 3 aromatic rings. The van der Waals surface area contributed by atoms with Gasteiger partial charge in [0, 0.05) is 15.5 Å². The van der Waals surface area contributed by atoms with Crippen molar-refractivity contribution >= 4 is 51.0 Å². The first-order chi connectivity index (χ1) is 12.0. The van der Waals surface area contributed by atoms with Crippen molar-refractivity contribution in [2.45, 2.75) is 25.7 Å². The van der Waals surface area contributed by atoms with Crippen LogP contribution in [0.15, 0.2) is 28.4 Å². The largest absolute Gasteiger partial charge is 0.506 e. The molecule has 25 heavy (non-hydrogen) atoms. The highest BCUT2D eigenvalue weighted by Gasteiger charge is 2.19. The van der Waals surface area contributed by atoms with E-state index in [4.69, 9.17) is 23.2 Å². The molecule has 0 unspecified atom stereocenters. The third-order valence-electron chi connectivity index (χ3n) is 4.24. The lowest BCUT2D eigenvalue weighted by Crippen LogP contribution is -2.18. The van der Waals surface area contributed by atoms with Crippen LogP contribution in [0.25, 0.3) is 10.2 Å². The van der Waals surface area contributed by atoms with E-state index in [1.54, 1.807) is 11.3 Å². The SMILES string of the molecule is O=c1c2c3c(sc2ncn1/N=C/c1cc(Cl)cc(Cl)c1O)CCCC3. The summed E-state index contributed by atoms with van der Waals surface area (Å²) in [4.78, 5) is 19.2. The van der Waals surface area contributed by atoms with Gasteiger partial charge in [-0.3, -0.25) is 4.79 Å². The molecular formula is C17H13Cl2N3O2S. The summed E-state index contributed by atoms with van der Waals surface area (Å²) in [7, 11) is 0. The number of hydrogen-bond donors (Lipinski definition) is 1. The van der Waals surface area contributed by atoms with Crippen LogP contribution in [0.1, 0.15) is 28.8 Å². The highest BCUT2D eigenvalue weighted by Crippen LogP contribution is 2.33. The lowest BCUT2D eigenvalue weighted by molar-refractivity contribution is 0.474. The van der Waals surface area contributed by atoms with E-state index in [0.29, 0.717) is 16.0 Å². The number of nitrogens with zero attached hydrogens (tertiary/aromatic N) is 3. The normalized spacial score (nSPS) is 14.3. The molecule has 4 rings (SSSR count). The van der Waals surface area contributed by atoms with E-state index in [9.17, 15) is 9.90 Å². The quantitative estimate of drug-likeness (QED) is 0.662. The minimum absolute atomic E-state index is 0.127. The Kier molecular flexibility index (Phi) is 4.27. The molecule has 5 nitrogen and oxygen atoms in total. The van der Waals surface area contributed by atoms with Crippen molar-refractivity contribution in [2.24, 2.45) is 5.10 Å². The summed E-state index contributed by atoms with van der Waals surface area (Å²) >= 11 is 13.4. The summed E-state index contributed by atoms with van der Waals surface area (Å²) in [6.45, 7) is 0. The van der Waals surface area contributed by atoms with Gasteiger partial charge >= 0.3 is 0 Å². The van der Waals surface area contributed by atoms with Gasteiger partial charge in [-0.15, -0.1) is 11.3 Å². The molecule has 8 heteroatoms. The number of aromatic nitrogens is 2. The number of phenolic OH excluding ortho intramolecular Hbond substituents is 1. The maximum absolute atomic E-state index is 12.8. The zero-order valence-corrected chi connectivity index (χ0v) is 15.3. The zero-order valence-electron chi connectivity index (χ0n) is 13.0. The second-order valence-corrected chi connectivity index (χ2v) is 7.78. The fourth-order valence-electron chi connectivity index (χ4n) is 3.03. The van der Waals surface area contributed by atoms with E-state index in [2.05, 4.69) is 10.1 Å². The molecule has 1 aliphatic rings. The predicted molar refractivity (Wildman–Crippen MR) is 102 cm³/mol. The second-order valence-electron chi connectivity index (χ2n) is 5.86. The number of phenols is 1. The zero-order chi connectivity index (χ0) is 17.6. The maximum atomic E-state index is 12.8. The Hall–Kier alpha value is -1.89. The molecule has 0 spiro atoms. The summed E-state index contributed by atoms with van der Waals surface area (Å²) in [5.74, 6) is -0.134. The Morgan fingerprint density at radius 2 is 2.08 bits per heavy atom. The molecule has 0 amide bonds. The molecular weight excluding hydrogens is 381 g/mol. The highest BCUT2D eigenvalue weighted by molar-refractivity contribution is 7.18. The molecule has 1 N–H and O–H groups in total. The first-order valence-corrected chi connectivity index (χ1v) is 9.36. The summed E-state index contributed by atoms with van der Waals surface area (Å²) in [6, 6.07) is 2.96. The van der Waals surface area contributed by atoms with Crippen LogP contribution in [-0.4, -0.2) is 21.0 Å². The van der Waals surface area contributed by atoms with E-state index in [1.165, 1.54) is 34.2 Å². The standard InChI is InChI=1S/C17H13Cl2N3O2S/c18-10-5-9(15(23)12(19)6-10)7-21-22-8-20-16-14(17(22)24)11-3-1-2-4-13(11)25-16/h5-8,23H,1-4H2/b21-7+. The topological polar surface area (TPSA) is 67.5 Å². The van der Waals surface area contributed by atoms with E-state index in [1.807, 2.05) is 0 Å². The lowest BCUT2D eigenvalue weighted by Gasteiger charge is -2.09. The van der Waals surface area contributed by atoms with Crippen molar-refractivity contribution in [3.05, 3.63) is 54.9 Å². The fraction of sp³-hybridized carbons (Fsp3) is 0.235. The summed E-state index contributed by atoms with van der Waals surface area (Å²) < 4.78 is 1.18. The Morgan fingerprint density at radius 3 is 2.92 bits per heavy atom. The number of rotatable bonds is 2. The van der Waals surface area contributed by atoms with Gasteiger partial charge in [0.05, 0.1) is 16.6 Å². The highest BCUT2D eigenvalue weighted by atomic mass is 35.5. The van der Waals surface area contributed by atoms with Gasteiger partial charge in [0.2, 0.25) is 0 Å². The lowest BCUT2D eigenvalue weighted by atomic mass is 9.97. The van der Waals surface area contributed by atoms with Gasteiger partial charge in [0.25, 0.3) is 5.56 Å². The number of benzene rings is 1. The molecule has 0 atom stereocenters. The van der Waals surface area contributed by atoms with Crippen molar-refractivity contribution < 1.29 is 5.11 Å². The van der Waals surface area contributed by atoms with Crippen molar-refractivity contribution in [3.63, 3.8) is 0 Å². The number of aryl methyl sites for hydroxylation is 2. The van der Waals surface area contributed by atoms with Gasteiger partial charge in [0.15, 0.2) is 0 Å². The van der Waals surface area contributed by atoms with Crippen LogP contribution in [0.2, 0.25) is 10.0 Å². The van der Waals surface area contributed by atoms with Crippen LogP contribution in [0.5, 0.6) is 5.75 Å². The third kappa shape index (κ3) is 2.94. The van der Waals surface area contributed by atoms with Crippen molar-refractivity contribution in [3.8, 4) is 5.75 Å². The van der Waals surface area contributed by atoms with Gasteiger partial charge in [-0.1, -0.05) is 23.2 Å². The number of aromatic hydroxyl groups is 1. The first kappa shape index (κ1) is 16.6. The van der Waals surface area contributed by atoms with E-state index >= 15 is 0 Å². The van der Waals surface area contributed by atoms with Crippen molar-refractivity contribution in [1.82, 2.24) is 9.66 Å². The molecule has 0 saturated heterocycles. The summed E-state index contributed by atoms with van der Waals surface area (Å²) in [5, 5.41) is 15.3. The minimum Gasteiger partial charge on any atom is -0.506 e. The van der Waals surface area contributed by atoms with Crippen LogP contribution in [0.3, 0.4) is 0 Å². The maximum Gasteiger partial charge on any atom is 0.282 e. The second kappa shape index (κ2) is 6.44. The van der Waals surface area contributed by atoms with Gasteiger partial charge in [0.1, 0.15) is 16.9 Å².